The summed E-state index contributed by atoms with van der Waals surface area (Å²) < 4.78 is 6.92. The number of rotatable bonds is 3. The van der Waals surface area contributed by atoms with Gasteiger partial charge in [-0.1, -0.05) is 54.3 Å². The van der Waals surface area contributed by atoms with Crippen LogP contribution < -0.4 is 0 Å². The summed E-state index contributed by atoms with van der Waals surface area (Å²) in [5, 5.41) is 1.40. The standard InChI is InChI=1S/C19H36O2Si2/c1-18(2,3)23(9,10)21-17-15-13(12-19(17,4)5)11-14(20)16(15)22(6,7)8/h13,17H,11-12H2,1-10H3/t13-,17+/m1/s1. The first kappa shape index (κ1) is 19.1. The normalized spacial score (nSPS) is 28.5. The van der Waals surface area contributed by atoms with Gasteiger partial charge in [0.25, 0.3) is 0 Å². The minimum Gasteiger partial charge on any atom is -0.410 e. The number of hydrogen-bond donors (Lipinski definition) is 0. The molecule has 23 heavy (non-hydrogen) atoms. The van der Waals surface area contributed by atoms with Gasteiger partial charge in [-0.15, -0.1) is 0 Å². The molecule has 2 rings (SSSR count). The van der Waals surface area contributed by atoms with Crippen LogP contribution in [-0.4, -0.2) is 28.3 Å². The Bertz CT molecular complexity index is 545. The van der Waals surface area contributed by atoms with E-state index in [4.69, 9.17) is 4.43 Å². The van der Waals surface area contributed by atoms with E-state index in [1.54, 1.807) is 0 Å². The summed E-state index contributed by atoms with van der Waals surface area (Å²) >= 11 is 0. The van der Waals surface area contributed by atoms with Crippen LogP contribution in [0.5, 0.6) is 0 Å². The molecule has 0 aliphatic heterocycles. The van der Waals surface area contributed by atoms with Crippen LogP contribution in [0.2, 0.25) is 37.8 Å². The molecule has 2 aliphatic rings. The molecule has 2 atom stereocenters. The van der Waals surface area contributed by atoms with Crippen molar-refractivity contribution in [2.24, 2.45) is 11.3 Å². The van der Waals surface area contributed by atoms with Crippen molar-refractivity contribution < 1.29 is 9.22 Å². The lowest BCUT2D eigenvalue weighted by molar-refractivity contribution is -0.115. The first-order valence-electron chi connectivity index (χ1n) is 9.03. The summed E-state index contributed by atoms with van der Waals surface area (Å²) in [6, 6.07) is 0. The highest BCUT2D eigenvalue weighted by Gasteiger charge is 2.55. The lowest BCUT2D eigenvalue weighted by atomic mass is 9.87. The first-order chi connectivity index (χ1) is 10.1. The van der Waals surface area contributed by atoms with Crippen LogP contribution in [-0.2, 0) is 9.22 Å². The lowest BCUT2D eigenvalue weighted by Gasteiger charge is -2.42. The predicted molar refractivity (Wildman–Crippen MR) is 104 cm³/mol. The molecule has 0 N–H and O–H groups in total. The Labute approximate surface area is 145 Å². The van der Waals surface area contributed by atoms with Crippen molar-refractivity contribution in [1.82, 2.24) is 0 Å². The van der Waals surface area contributed by atoms with E-state index < -0.39 is 16.4 Å². The fraction of sp³-hybridized carbons (Fsp3) is 0.842. The van der Waals surface area contributed by atoms with Crippen LogP contribution in [0, 0.1) is 11.3 Å². The molecule has 0 aromatic rings. The molecule has 0 radical (unpaired) electrons. The van der Waals surface area contributed by atoms with Gasteiger partial charge in [0.2, 0.25) is 0 Å². The molecule has 0 amide bonds. The molecule has 0 unspecified atom stereocenters. The molecule has 0 bridgehead atoms. The average Bonchev–Trinajstić information content (AvgIpc) is 2.69. The Morgan fingerprint density at radius 2 is 1.61 bits per heavy atom. The zero-order valence-electron chi connectivity index (χ0n) is 16.9. The Balaban J connectivity index is 2.52. The highest BCUT2D eigenvalue weighted by Crippen LogP contribution is 2.55. The maximum absolute atomic E-state index is 12.7. The molecular formula is C19H36O2Si2. The average molecular weight is 353 g/mol. The van der Waals surface area contributed by atoms with Gasteiger partial charge in [-0.25, -0.2) is 0 Å². The Morgan fingerprint density at radius 3 is 2.04 bits per heavy atom. The maximum Gasteiger partial charge on any atom is 0.192 e. The van der Waals surface area contributed by atoms with Crippen LogP contribution >= 0.6 is 0 Å². The molecule has 0 saturated heterocycles. The molecule has 2 aliphatic carbocycles. The van der Waals surface area contributed by atoms with E-state index in [1.807, 2.05) is 0 Å². The van der Waals surface area contributed by atoms with E-state index in [0.29, 0.717) is 11.7 Å². The minimum absolute atomic E-state index is 0.140. The number of ketones is 1. The second-order valence-corrected chi connectivity index (χ2v) is 20.6. The van der Waals surface area contributed by atoms with Gasteiger partial charge in [-0.3, -0.25) is 4.79 Å². The Morgan fingerprint density at radius 1 is 1.09 bits per heavy atom. The summed E-state index contributed by atoms with van der Waals surface area (Å²) in [7, 11) is -3.49. The fourth-order valence-corrected chi connectivity index (χ4v) is 7.57. The summed E-state index contributed by atoms with van der Waals surface area (Å²) in [5.74, 6) is 0.859. The summed E-state index contributed by atoms with van der Waals surface area (Å²) in [5.41, 5.74) is 1.55. The van der Waals surface area contributed by atoms with Crippen molar-refractivity contribution in [1.29, 1.82) is 0 Å². The van der Waals surface area contributed by atoms with E-state index in [-0.39, 0.29) is 16.6 Å². The molecule has 0 aromatic carbocycles. The monoisotopic (exact) mass is 352 g/mol. The van der Waals surface area contributed by atoms with Gasteiger partial charge in [-0.05, 0) is 46.7 Å². The molecule has 0 heterocycles. The molecule has 132 valence electrons. The Kier molecular flexibility index (Phi) is 4.49. The van der Waals surface area contributed by atoms with Gasteiger partial charge in [0.1, 0.15) is 0 Å². The topological polar surface area (TPSA) is 26.3 Å². The second-order valence-electron chi connectivity index (χ2n) is 10.9. The van der Waals surface area contributed by atoms with Gasteiger partial charge in [0.15, 0.2) is 14.1 Å². The molecule has 2 nitrogen and oxygen atoms in total. The maximum atomic E-state index is 12.7. The third-order valence-corrected chi connectivity index (χ3v) is 12.7. The van der Waals surface area contributed by atoms with Crippen molar-refractivity contribution in [2.45, 2.75) is 91.3 Å². The number of fused-ring (bicyclic) bond motifs is 1. The van der Waals surface area contributed by atoms with Crippen LogP contribution in [0.15, 0.2) is 10.8 Å². The zero-order valence-corrected chi connectivity index (χ0v) is 18.9. The van der Waals surface area contributed by atoms with Crippen LogP contribution in [0.25, 0.3) is 0 Å². The van der Waals surface area contributed by atoms with E-state index in [1.165, 1.54) is 10.8 Å². The highest BCUT2D eigenvalue weighted by molar-refractivity contribution is 6.87. The zero-order chi connectivity index (χ0) is 18.0. The largest absolute Gasteiger partial charge is 0.410 e. The van der Waals surface area contributed by atoms with Crippen LogP contribution in [0.4, 0.5) is 0 Å². The van der Waals surface area contributed by atoms with Crippen molar-refractivity contribution >= 4 is 22.2 Å². The van der Waals surface area contributed by atoms with Gasteiger partial charge in [-0.2, -0.15) is 0 Å². The minimum atomic E-state index is -1.86. The van der Waals surface area contributed by atoms with Gasteiger partial charge >= 0.3 is 0 Å². The van der Waals surface area contributed by atoms with Crippen molar-refractivity contribution in [3.63, 3.8) is 0 Å². The molecule has 1 fully saturated rings. The molecular weight excluding hydrogens is 316 g/mol. The number of carbonyl (C=O) groups is 1. The fourth-order valence-electron chi connectivity index (χ4n) is 4.04. The van der Waals surface area contributed by atoms with E-state index >= 15 is 0 Å². The molecule has 1 saturated carbocycles. The van der Waals surface area contributed by atoms with Crippen molar-refractivity contribution in [2.75, 3.05) is 0 Å². The molecule has 0 aromatic heterocycles. The number of Topliss-reactive ketones (excluding diaryl/α,β-unsaturated/α-hetero) is 1. The molecule has 4 heteroatoms. The second kappa shape index (κ2) is 5.40. The Hall–Kier alpha value is -0.196. The van der Waals surface area contributed by atoms with Crippen molar-refractivity contribution in [3.8, 4) is 0 Å². The van der Waals surface area contributed by atoms with Gasteiger partial charge in [0, 0.05) is 6.42 Å². The lowest BCUT2D eigenvalue weighted by Crippen LogP contribution is -2.47. The quantitative estimate of drug-likeness (QED) is 0.621. The number of hydrogen-bond acceptors (Lipinski definition) is 2. The molecule has 0 spiro atoms. The van der Waals surface area contributed by atoms with E-state index in [9.17, 15) is 4.79 Å². The van der Waals surface area contributed by atoms with E-state index in [0.717, 1.165) is 12.8 Å². The number of allylic oxidation sites excluding steroid dienone is 1. The third-order valence-electron chi connectivity index (χ3n) is 6.17. The SMILES string of the molecule is CC1(C)C[C@H]2CC(=O)C([Si](C)(C)C)=C2[C@@H]1O[Si](C)(C)C(C)(C)C. The smallest absolute Gasteiger partial charge is 0.192 e. The third kappa shape index (κ3) is 3.31. The van der Waals surface area contributed by atoms with Gasteiger partial charge in [0.05, 0.1) is 14.2 Å². The van der Waals surface area contributed by atoms with Crippen LogP contribution in [0.1, 0.15) is 47.5 Å². The predicted octanol–water partition coefficient (Wildman–Crippen LogP) is 5.57. The summed E-state index contributed by atoms with van der Waals surface area (Å²) in [4.78, 5) is 12.7. The van der Waals surface area contributed by atoms with Crippen LogP contribution in [0.3, 0.4) is 0 Å². The van der Waals surface area contributed by atoms with E-state index in [2.05, 4.69) is 67.4 Å². The highest BCUT2D eigenvalue weighted by atomic mass is 28.4. The summed E-state index contributed by atoms with van der Waals surface area (Å²) in [6.45, 7) is 23.2. The summed E-state index contributed by atoms with van der Waals surface area (Å²) in [6.07, 6.45) is 1.97. The first-order valence-corrected chi connectivity index (χ1v) is 15.4. The van der Waals surface area contributed by atoms with Crippen molar-refractivity contribution in [3.05, 3.63) is 10.8 Å². The van der Waals surface area contributed by atoms with Gasteiger partial charge < -0.3 is 4.43 Å². The number of carbonyl (C=O) groups excluding carboxylic acids is 1.